The fraction of sp³-hybridized carbons (Fsp3) is 0.824. The van der Waals surface area contributed by atoms with E-state index in [4.69, 9.17) is 9.47 Å². The lowest BCUT2D eigenvalue weighted by Crippen LogP contribution is -2.52. The zero-order valence-electron chi connectivity index (χ0n) is 28.2. The molecule has 0 saturated heterocycles. The second-order valence-electron chi connectivity index (χ2n) is 12.8. The molecule has 40 heavy (non-hydrogen) atoms. The minimum Gasteiger partial charge on any atom is -0.456 e. The molecule has 0 fully saturated rings. The number of hydrogen-bond acceptors (Lipinski definition) is 4. The molecular weight excluding hydrogens is 500 g/mol. The summed E-state index contributed by atoms with van der Waals surface area (Å²) >= 11 is 0. The molecule has 0 aromatic carbocycles. The lowest BCUT2D eigenvalue weighted by atomic mass is 10.1. The van der Waals surface area contributed by atoms with E-state index in [9.17, 15) is 9.59 Å². The number of quaternary nitrogens is 2. The number of esters is 2. The van der Waals surface area contributed by atoms with Crippen molar-refractivity contribution in [1.29, 1.82) is 0 Å². The van der Waals surface area contributed by atoms with E-state index in [2.05, 4.69) is 55.1 Å². The van der Waals surface area contributed by atoms with E-state index in [1.807, 2.05) is 6.92 Å². The van der Waals surface area contributed by atoms with E-state index in [0.29, 0.717) is 17.8 Å². The van der Waals surface area contributed by atoms with Gasteiger partial charge in [0.25, 0.3) is 0 Å². The van der Waals surface area contributed by atoms with Crippen molar-refractivity contribution in [3.63, 3.8) is 0 Å². The molecule has 6 heteroatoms. The summed E-state index contributed by atoms with van der Waals surface area (Å²) in [5.74, 6) is -0.544. The van der Waals surface area contributed by atoms with Gasteiger partial charge in [-0.15, -0.1) is 0 Å². The van der Waals surface area contributed by atoms with Gasteiger partial charge in [0.15, 0.2) is 0 Å². The van der Waals surface area contributed by atoms with E-state index < -0.39 is 0 Å². The van der Waals surface area contributed by atoms with Crippen molar-refractivity contribution in [2.45, 2.75) is 125 Å². The fourth-order valence-corrected chi connectivity index (χ4v) is 4.84. The summed E-state index contributed by atoms with van der Waals surface area (Å²) in [5, 5.41) is 0. The number of ether oxygens (including phenoxy) is 2. The molecule has 236 valence electrons. The van der Waals surface area contributed by atoms with Crippen molar-refractivity contribution in [1.82, 2.24) is 0 Å². The zero-order valence-corrected chi connectivity index (χ0v) is 28.2. The molecule has 0 rings (SSSR count). The van der Waals surface area contributed by atoms with Crippen LogP contribution in [0.5, 0.6) is 0 Å². The first-order chi connectivity index (χ1) is 18.7. The van der Waals surface area contributed by atoms with Crippen LogP contribution in [-0.2, 0) is 19.1 Å². The van der Waals surface area contributed by atoms with Gasteiger partial charge in [-0.25, -0.2) is 9.59 Å². The highest BCUT2D eigenvalue weighted by molar-refractivity contribution is 5.87. The molecule has 0 aliphatic rings. The highest BCUT2D eigenvalue weighted by Gasteiger charge is 2.26. The molecule has 6 nitrogen and oxygen atoms in total. The number of carbonyl (C=O) groups excluding carboxylic acids is 2. The predicted molar refractivity (Wildman–Crippen MR) is 171 cm³/mol. The van der Waals surface area contributed by atoms with Crippen LogP contribution in [-0.4, -0.2) is 87.5 Å². The summed E-state index contributed by atoms with van der Waals surface area (Å²) in [6.07, 6.45) is 15.6. The third kappa shape index (κ3) is 24.2. The molecule has 0 amide bonds. The number of hydrogen-bond donors (Lipinski definition) is 0. The van der Waals surface area contributed by atoms with Gasteiger partial charge in [0.1, 0.15) is 25.8 Å². The Bertz CT molecular complexity index is 665. The van der Waals surface area contributed by atoms with E-state index in [1.54, 1.807) is 13.8 Å². The SMILES string of the molecule is C=C(C)C(=O)OC(C)C[N+](C)(C)C.C=C(C)C(=O)OCC[N+](CCCCCC)(CCCCCC)CCCCCC. The first-order valence-electron chi connectivity index (χ1n) is 16.1. The molecule has 0 aliphatic carbocycles. The molecule has 0 aromatic heterocycles. The van der Waals surface area contributed by atoms with E-state index in [-0.39, 0.29) is 18.0 Å². The minimum absolute atomic E-state index is 0.0656. The van der Waals surface area contributed by atoms with Gasteiger partial charge >= 0.3 is 11.9 Å². The van der Waals surface area contributed by atoms with Crippen molar-refractivity contribution >= 4 is 11.9 Å². The molecule has 0 spiro atoms. The average Bonchev–Trinajstić information content (AvgIpc) is 2.86. The summed E-state index contributed by atoms with van der Waals surface area (Å²) in [6, 6.07) is 0. The van der Waals surface area contributed by atoms with Crippen LogP contribution in [0.4, 0.5) is 0 Å². The maximum absolute atomic E-state index is 11.8. The van der Waals surface area contributed by atoms with Crippen molar-refractivity contribution in [3.8, 4) is 0 Å². The molecule has 0 aromatic rings. The van der Waals surface area contributed by atoms with Crippen LogP contribution in [0.2, 0.25) is 0 Å². The third-order valence-corrected chi connectivity index (χ3v) is 7.07. The quantitative estimate of drug-likeness (QED) is 0.0545. The predicted octanol–water partition coefficient (Wildman–Crippen LogP) is 7.86. The Morgan fingerprint density at radius 2 is 1.05 bits per heavy atom. The van der Waals surface area contributed by atoms with Gasteiger partial charge < -0.3 is 18.4 Å². The summed E-state index contributed by atoms with van der Waals surface area (Å²) in [5.41, 5.74) is 0.954. The average molecular weight is 569 g/mol. The van der Waals surface area contributed by atoms with E-state index in [0.717, 1.165) is 22.1 Å². The fourth-order valence-electron chi connectivity index (χ4n) is 4.84. The number of carbonyl (C=O) groups is 2. The minimum atomic E-state index is -0.305. The van der Waals surface area contributed by atoms with Gasteiger partial charge in [0.05, 0.1) is 40.8 Å². The molecule has 0 saturated carbocycles. The van der Waals surface area contributed by atoms with Gasteiger partial charge in [-0.3, -0.25) is 0 Å². The molecule has 1 atom stereocenters. The van der Waals surface area contributed by atoms with Crippen LogP contribution in [0.1, 0.15) is 119 Å². The van der Waals surface area contributed by atoms with Crippen molar-refractivity contribution in [2.75, 3.05) is 60.5 Å². The molecule has 0 bridgehead atoms. The second-order valence-corrected chi connectivity index (χ2v) is 12.8. The maximum Gasteiger partial charge on any atom is 0.333 e. The monoisotopic (exact) mass is 569 g/mol. The van der Waals surface area contributed by atoms with Gasteiger partial charge in [0.2, 0.25) is 0 Å². The normalized spacial score (nSPS) is 12.2. The molecule has 1 unspecified atom stereocenters. The first kappa shape index (κ1) is 40.5. The van der Waals surface area contributed by atoms with Crippen LogP contribution in [0.3, 0.4) is 0 Å². The molecule has 0 N–H and O–H groups in total. The molecule has 0 radical (unpaired) electrons. The maximum atomic E-state index is 11.8. The Morgan fingerprint density at radius 1 is 0.650 bits per heavy atom. The van der Waals surface area contributed by atoms with E-state index >= 15 is 0 Å². The van der Waals surface area contributed by atoms with Crippen LogP contribution in [0.25, 0.3) is 0 Å². The van der Waals surface area contributed by atoms with E-state index in [1.165, 1.54) is 96.7 Å². The van der Waals surface area contributed by atoms with Crippen molar-refractivity contribution < 1.29 is 28.0 Å². The third-order valence-electron chi connectivity index (χ3n) is 7.07. The standard InChI is InChI=1S/C24H48NO2.C10H20NO2/c1-6-9-12-15-18-25(19-16-13-10-7-2,20-17-14-11-8-3)21-22-27-24(26)23(4)5;1-8(2)10(12)13-9(3)7-11(4,5)6/h4,6-22H2,1-3,5H3;9H,1,7H2,2-6H3/q2*+1. The van der Waals surface area contributed by atoms with Crippen LogP contribution < -0.4 is 0 Å². The Hall–Kier alpha value is -1.66. The number of nitrogens with zero attached hydrogens (tertiary/aromatic N) is 2. The summed E-state index contributed by atoms with van der Waals surface area (Å²) < 4.78 is 12.5. The number of unbranched alkanes of at least 4 members (excludes halogenated alkanes) is 9. The molecule has 0 aliphatic heterocycles. The zero-order chi connectivity index (χ0) is 31.0. The highest BCUT2D eigenvalue weighted by Crippen LogP contribution is 2.18. The van der Waals surface area contributed by atoms with Crippen LogP contribution in [0.15, 0.2) is 24.3 Å². The van der Waals surface area contributed by atoms with Crippen LogP contribution >= 0.6 is 0 Å². The summed E-state index contributed by atoms with van der Waals surface area (Å²) in [7, 11) is 6.18. The van der Waals surface area contributed by atoms with Gasteiger partial charge in [0, 0.05) is 11.1 Å². The lowest BCUT2D eigenvalue weighted by molar-refractivity contribution is -0.929. The topological polar surface area (TPSA) is 52.6 Å². The number of rotatable bonds is 23. The Labute approximate surface area is 249 Å². The summed E-state index contributed by atoms with van der Waals surface area (Å²) in [4.78, 5) is 22.9. The van der Waals surface area contributed by atoms with Crippen molar-refractivity contribution in [2.24, 2.45) is 0 Å². The molecular formula is C34H68N2O4+2. The Kier molecular flexibility index (Phi) is 24.3. The van der Waals surface area contributed by atoms with Crippen LogP contribution in [0, 0.1) is 0 Å². The number of likely N-dealkylation sites (N-methyl/N-ethyl adjacent to an activating group) is 1. The summed E-state index contributed by atoms with van der Waals surface area (Å²) in [6.45, 7) is 25.3. The second kappa shape index (κ2) is 24.0. The first-order valence-corrected chi connectivity index (χ1v) is 16.1. The van der Waals surface area contributed by atoms with Gasteiger partial charge in [-0.05, 0) is 59.3 Å². The van der Waals surface area contributed by atoms with Crippen molar-refractivity contribution in [3.05, 3.63) is 24.3 Å². The van der Waals surface area contributed by atoms with Gasteiger partial charge in [-0.1, -0.05) is 72.5 Å². The largest absolute Gasteiger partial charge is 0.456 e. The lowest BCUT2D eigenvalue weighted by Gasteiger charge is -2.39. The Morgan fingerprint density at radius 3 is 1.38 bits per heavy atom. The molecule has 0 heterocycles. The Balaban J connectivity index is 0. The smallest absolute Gasteiger partial charge is 0.333 e. The highest BCUT2D eigenvalue weighted by atomic mass is 16.5. The van der Waals surface area contributed by atoms with Gasteiger partial charge in [-0.2, -0.15) is 0 Å².